The van der Waals surface area contributed by atoms with Crippen molar-refractivity contribution in [1.82, 2.24) is 9.80 Å². The first-order valence-corrected chi connectivity index (χ1v) is 4.18. The van der Waals surface area contributed by atoms with Gasteiger partial charge in [-0.15, -0.1) is 0 Å². The summed E-state index contributed by atoms with van der Waals surface area (Å²) in [6.45, 7) is 0. The minimum absolute atomic E-state index is 1.50. The second-order valence-electron chi connectivity index (χ2n) is 3.74. The molecule has 0 unspecified atom stereocenters. The van der Waals surface area contributed by atoms with Gasteiger partial charge in [-0.2, -0.15) is 0 Å². The molecule has 0 radical (unpaired) electrons. The fraction of sp³-hybridized carbons (Fsp3) is 1.00. The van der Waals surface area contributed by atoms with E-state index in [1.54, 1.807) is 0 Å². The summed E-state index contributed by atoms with van der Waals surface area (Å²) in [7, 11) is 12.0. The van der Waals surface area contributed by atoms with Gasteiger partial charge in [0.1, 0.15) is 0 Å². The second-order valence-corrected chi connectivity index (χ2v) is 3.74. The van der Waals surface area contributed by atoms with E-state index in [4.69, 9.17) is 0 Å². The van der Waals surface area contributed by atoms with Gasteiger partial charge in [0, 0.05) is 0 Å². The van der Waals surface area contributed by atoms with Crippen LogP contribution in [0.5, 0.6) is 0 Å². The fourth-order valence-electron chi connectivity index (χ4n) is 0. The standard InChI is InChI=1S/2C3H9N.C3H6/c2*1-4(2)3;1-2-3-1/h2*1-3H3;1-3H2. The van der Waals surface area contributed by atoms with Crippen molar-refractivity contribution in [3.63, 3.8) is 0 Å². The predicted octanol–water partition coefficient (Wildman–Crippen LogP) is 1.53. The van der Waals surface area contributed by atoms with E-state index in [1.165, 1.54) is 19.3 Å². The molecular weight excluding hydrogens is 136 g/mol. The van der Waals surface area contributed by atoms with Crippen molar-refractivity contribution in [2.75, 3.05) is 42.3 Å². The van der Waals surface area contributed by atoms with Crippen molar-refractivity contribution in [1.29, 1.82) is 0 Å². The Labute approximate surface area is 72.2 Å². The van der Waals surface area contributed by atoms with Gasteiger partial charge in [0.2, 0.25) is 0 Å². The quantitative estimate of drug-likeness (QED) is 0.530. The van der Waals surface area contributed by atoms with E-state index in [9.17, 15) is 0 Å². The molecule has 1 aliphatic rings. The van der Waals surface area contributed by atoms with Crippen molar-refractivity contribution in [2.45, 2.75) is 19.3 Å². The molecule has 0 aliphatic heterocycles. The lowest BCUT2D eigenvalue weighted by Crippen LogP contribution is -1.99. The van der Waals surface area contributed by atoms with Crippen molar-refractivity contribution >= 4 is 0 Å². The third kappa shape index (κ3) is 735. The summed E-state index contributed by atoms with van der Waals surface area (Å²) >= 11 is 0. The van der Waals surface area contributed by atoms with E-state index >= 15 is 0 Å². The Morgan fingerprint density at radius 2 is 0.636 bits per heavy atom. The molecular formula is C9H24N2. The minimum Gasteiger partial charge on any atom is -0.312 e. The lowest BCUT2D eigenvalue weighted by Gasteiger charge is -1.90. The Hall–Kier alpha value is -0.0800. The van der Waals surface area contributed by atoms with Crippen molar-refractivity contribution in [3.8, 4) is 0 Å². The molecule has 1 rings (SSSR count). The number of nitrogens with zero attached hydrogens (tertiary/aromatic N) is 2. The van der Waals surface area contributed by atoms with E-state index in [0.717, 1.165) is 0 Å². The number of hydrogen-bond acceptors (Lipinski definition) is 2. The molecule has 0 saturated heterocycles. The summed E-state index contributed by atoms with van der Waals surface area (Å²) in [6.07, 6.45) is 4.50. The zero-order valence-corrected chi connectivity index (χ0v) is 9.02. The molecule has 11 heavy (non-hydrogen) atoms. The van der Waals surface area contributed by atoms with Gasteiger partial charge >= 0.3 is 0 Å². The summed E-state index contributed by atoms with van der Waals surface area (Å²) in [4.78, 5) is 4.00. The van der Waals surface area contributed by atoms with Gasteiger partial charge in [-0.25, -0.2) is 0 Å². The smallest absolute Gasteiger partial charge is 0.0140 e. The maximum Gasteiger partial charge on any atom is -0.0140 e. The lowest BCUT2D eigenvalue weighted by atomic mass is 11.0. The van der Waals surface area contributed by atoms with E-state index in [-0.39, 0.29) is 0 Å². The third-order valence-corrected chi connectivity index (χ3v) is 0.354. The van der Waals surface area contributed by atoms with E-state index < -0.39 is 0 Å². The summed E-state index contributed by atoms with van der Waals surface area (Å²) in [5, 5.41) is 0. The molecule has 0 aromatic heterocycles. The molecule has 0 atom stereocenters. The molecule has 1 fully saturated rings. The first kappa shape index (κ1) is 13.5. The van der Waals surface area contributed by atoms with E-state index in [0.29, 0.717) is 0 Å². The van der Waals surface area contributed by atoms with Gasteiger partial charge in [0.25, 0.3) is 0 Å². The molecule has 0 spiro atoms. The highest BCUT2D eigenvalue weighted by Gasteiger charge is 1.95. The molecule has 0 aromatic carbocycles. The summed E-state index contributed by atoms with van der Waals surface area (Å²) < 4.78 is 0. The normalized spacial score (nSPS) is 13.1. The van der Waals surface area contributed by atoms with Crippen LogP contribution in [0.25, 0.3) is 0 Å². The zero-order chi connectivity index (χ0) is 9.28. The van der Waals surface area contributed by atoms with Crippen molar-refractivity contribution in [3.05, 3.63) is 0 Å². The van der Waals surface area contributed by atoms with Gasteiger partial charge in [0.15, 0.2) is 0 Å². The van der Waals surface area contributed by atoms with Crippen LogP contribution in [0.2, 0.25) is 0 Å². The molecule has 0 amide bonds. The SMILES string of the molecule is C1CC1.CN(C)C.CN(C)C. The van der Waals surface area contributed by atoms with Crippen LogP contribution in [0, 0.1) is 0 Å². The van der Waals surface area contributed by atoms with Gasteiger partial charge < -0.3 is 9.80 Å². The molecule has 70 valence electrons. The van der Waals surface area contributed by atoms with Gasteiger partial charge in [-0.1, -0.05) is 19.3 Å². The lowest BCUT2D eigenvalue weighted by molar-refractivity contribution is 0.505. The van der Waals surface area contributed by atoms with Crippen molar-refractivity contribution in [2.24, 2.45) is 0 Å². The first-order valence-electron chi connectivity index (χ1n) is 4.18. The highest BCUT2D eigenvalue weighted by molar-refractivity contribution is 4.50. The van der Waals surface area contributed by atoms with Crippen LogP contribution in [0.4, 0.5) is 0 Å². The number of hydrogen-bond donors (Lipinski definition) is 0. The molecule has 2 nitrogen and oxygen atoms in total. The second kappa shape index (κ2) is 9.92. The first-order chi connectivity index (χ1) is 4.96. The maximum absolute atomic E-state index is 2.00. The van der Waals surface area contributed by atoms with Crippen LogP contribution in [0.1, 0.15) is 19.3 Å². The third-order valence-electron chi connectivity index (χ3n) is 0.354. The van der Waals surface area contributed by atoms with Crippen LogP contribution in [-0.2, 0) is 0 Å². The highest BCUT2D eigenvalue weighted by Crippen LogP contribution is 2.14. The van der Waals surface area contributed by atoms with Gasteiger partial charge in [0.05, 0.1) is 0 Å². The van der Waals surface area contributed by atoms with Crippen molar-refractivity contribution < 1.29 is 0 Å². The number of rotatable bonds is 0. The Morgan fingerprint density at radius 3 is 0.636 bits per heavy atom. The Balaban J connectivity index is 0. The predicted molar refractivity (Wildman–Crippen MR) is 53.1 cm³/mol. The topological polar surface area (TPSA) is 6.48 Å². The monoisotopic (exact) mass is 160 g/mol. The van der Waals surface area contributed by atoms with Gasteiger partial charge in [-0.05, 0) is 42.3 Å². The Bertz CT molecular complexity index is 44.3. The van der Waals surface area contributed by atoms with Gasteiger partial charge in [-0.3, -0.25) is 0 Å². The maximum atomic E-state index is 2.00. The Morgan fingerprint density at radius 1 is 0.545 bits per heavy atom. The zero-order valence-electron chi connectivity index (χ0n) is 9.02. The molecule has 0 bridgehead atoms. The van der Waals surface area contributed by atoms with Crippen LogP contribution in [0.3, 0.4) is 0 Å². The molecule has 0 heterocycles. The van der Waals surface area contributed by atoms with E-state index in [1.807, 2.05) is 52.1 Å². The fourth-order valence-corrected chi connectivity index (χ4v) is 0. The minimum atomic E-state index is 1.50. The summed E-state index contributed by atoms with van der Waals surface area (Å²) in [5.41, 5.74) is 0. The van der Waals surface area contributed by atoms with E-state index in [2.05, 4.69) is 0 Å². The van der Waals surface area contributed by atoms with Crippen LogP contribution in [-0.4, -0.2) is 52.1 Å². The highest BCUT2D eigenvalue weighted by atomic mass is 15.0. The molecule has 0 N–H and O–H groups in total. The average Bonchev–Trinajstić information content (AvgIpc) is 2.36. The molecule has 1 aliphatic carbocycles. The largest absolute Gasteiger partial charge is 0.312 e. The summed E-state index contributed by atoms with van der Waals surface area (Å²) in [6, 6.07) is 0. The molecule has 2 heteroatoms. The Kier molecular flexibility index (Phi) is 12.2. The van der Waals surface area contributed by atoms with Crippen LogP contribution >= 0.6 is 0 Å². The average molecular weight is 160 g/mol. The van der Waals surface area contributed by atoms with Crippen LogP contribution in [0.15, 0.2) is 0 Å². The molecule has 1 saturated carbocycles. The van der Waals surface area contributed by atoms with Crippen LogP contribution < -0.4 is 0 Å². The summed E-state index contributed by atoms with van der Waals surface area (Å²) in [5.74, 6) is 0. The molecule has 0 aromatic rings.